The van der Waals surface area contributed by atoms with Crippen LogP contribution in [0.1, 0.15) is 0 Å². The number of para-hydroxylation sites is 1. The van der Waals surface area contributed by atoms with Crippen molar-refractivity contribution in [1.29, 1.82) is 0 Å². The largest absolute Gasteiger partial charge is 0.457 e. The van der Waals surface area contributed by atoms with Crippen molar-refractivity contribution in [2.75, 3.05) is 5.32 Å². The van der Waals surface area contributed by atoms with Crippen LogP contribution in [0.4, 0.5) is 5.69 Å². The maximum absolute atomic E-state index is 11.7. The Balaban J connectivity index is 1.97. The van der Waals surface area contributed by atoms with Gasteiger partial charge in [0.25, 0.3) is 5.91 Å². The number of hydrogen-bond acceptors (Lipinski definition) is 5. The molecular formula is C16H16N2O5. The first-order chi connectivity index (χ1) is 11.0. The Morgan fingerprint density at radius 2 is 1.48 bits per heavy atom. The Kier molecular flexibility index (Phi) is 5.29. The van der Waals surface area contributed by atoms with Crippen molar-refractivity contribution in [2.24, 2.45) is 5.73 Å². The van der Waals surface area contributed by atoms with Crippen LogP contribution in [0.15, 0.2) is 54.6 Å². The minimum atomic E-state index is -1.96. The molecule has 5 N–H and O–H groups in total. The van der Waals surface area contributed by atoms with Crippen molar-refractivity contribution < 1.29 is 24.5 Å². The number of nitrogens with two attached hydrogens (primary N) is 1. The minimum Gasteiger partial charge on any atom is -0.457 e. The molecule has 0 heterocycles. The zero-order valence-corrected chi connectivity index (χ0v) is 12.0. The van der Waals surface area contributed by atoms with E-state index < -0.39 is 24.0 Å². The van der Waals surface area contributed by atoms with Gasteiger partial charge >= 0.3 is 0 Å². The quantitative estimate of drug-likeness (QED) is 0.622. The molecule has 120 valence electrons. The standard InChI is InChI=1S/C16H16N2O5/c17-15(21)13(19)14(20)16(22)18-10-6-8-12(9-7-10)23-11-4-2-1-3-5-11/h1-9,13-14,19-20H,(H2,17,21)(H,18,22). The predicted molar refractivity (Wildman–Crippen MR) is 82.8 cm³/mol. The molecule has 23 heavy (non-hydrogen) atoms. The molecule has 7 nitrogen and oxygen atoms in total. The molecule has 0 aliphatic heterocycles. The first-order valence-electron chi connectivity index (χ1n) is 6.76. The highest BCUT2D eigenvalue weighted by molar-refractivity contribution is 5.98. The van der Waals surface area contributed by atoms with Crippen LogP contribution >= 0.6 is 0 Å². The summed E-state index contributed by atoms with van der Waals surface area (Å²) >= 11 is 0. The number of amides is 2. The highest BCUT2D eigenvalue weighted by Gasteiger charge is 2.28. The number of ether oxygens (including phenoxy) is 1. The third-order valence-electron chi connectivity index (χ3n) is 2.96. The number of benzene rings is 2. The van der Waals surface area contributed by atoms with E-state index in [2.05, 4.69) is 5.32 Å². The molecular weight excluding hydrogens is 300 g/mol. The molecule has 2 aromatic rings. The summed E-state index contributed by atoms with van der Waals surface area (Å²) < 4.78 is 5.59. The Bertz CT molecular complexity index is 673. The summed E-state index contributed by atoms with van der Waals surface area (Å²) in [6.07, 6.45) is -3.90. The summed E-state index contributed by atoms with van der Waals surface area (Å²) in [6.45, 7) is 0. The third kappa shape index (κ3) is 4.53. The number of carbonyl (C=O) groups excluding carboxylic acids is 2. The van der Waals surface area contributed by atoms with Crippen LogP contribution in [0, 0.1) is 0 Å². The van der Waals surface area contributed by atoms with E-state index in [0.29, 0.717) is 17.2 Å². The highest BCUT2D eigenvalue weighted by atomic mass is 16.5. The van der Waals surface area contributed by atoms with Gasteiger partial charge in [-0.2, -0.15) is 0 Å². The van der Waals surface area contributed by atoms with Crippen LogP contribution in [0.25, 0.3) is 0 Å². The molecule has 2 aromatic carbocycles. The second-order valence-corrected chi connectivity index (χ2v) is 4.72. The van der Waals surface area contributed by atoms with Crippen LogP contribution < -0.4 is 15.8 Å². The fourth-order valence-electron chi connectivity index (χ4n) is 1.75. The summed E-state index contributed by atoms with van der Waals surface area (Å²) in [4.78, 5) is 22.4. The van der Waals surface area contributed by atoms with Crippen molar-refractivity contribution in [3.05, 3.63) is 54.6 Å². The maximum atomic E-state index is 11.7. The number of carbonyl (C=O) groups is 2. The van der Waals surface area contributed by atoms with Crippen molar-refractivity contribution in [1.82, 2.24) is 0 Å². The zero-order chi connectivity index (χ0) is 16.8. The number of aliphatic hydroxyl groups is 2. The lowest BCUT2D eigenvalue weighted by Crippen LogP contribution is -2.45. The van der Waals surface area contributed by atoms with Crippen LogP contribution in [0.5, 0.6) is 11.5 Å². The lowest BCUT2D eigenvalue weighted by atomic mass is 10.2. The van der Waals surface area contributed by atoms with Crippen LogP contribution in [-0.2, 0) is 9.59 Å². The summed E-state index contributed by atoms with van der Waals surface area (Å²) in [5.41, 5.74) is 5.18. The summed E-state index contributed by atoms with van der Waals surface area (Å²) in [7, 11) is 0. The van der Waals surface area contributed by atoms with Gasteiger partial charge in [0.2, 0.25) is 5.91 Å². The average Bonchev–Trinajstić information content (AvgIpc) is 2.56. The van der Waals surface area contributed by atoms with Crippen molar-refractivity contribution in [3.8, 4) is 11.5 Å². The number of anilines is 1. The first kappa shape index (κ1) is 16.5. The van der Waals surface area contributed by atoms with Gasteiger partial charge in [0.05, 0.1) is 0 Å². The van der Waals surface area contributed by atoms with Crippen molar-refractivity contribution in [3.63, 3.8) is 0 Å². The van der Waals surface area contributed by atoms with Gasteiger partial charge in [-0.1, -0.05) is 18.2 Å². The van der Waals surface area contributed by atoms with Gasteiger partial charge in [-0.05, 0) is 36.4 Å². The van der Waals surface area contributed by atoms with Crippen LogP contribution in [-0.4, -0.2) is 34.2 Å². The van der Waals surface area contributed by atoms with E-state index in [4.69, 9.17) is 10.5 Å². The molecule has 0 saturated heterocycles. The third-order valence-corrected chi connectivity index (χ3v) is 2.96. The second-order valence-electron chi connectivity index (χ2n) is 4.72. The smallest absolute Gasteiger partial charge is 0.256 e. The molecule has 0 radical (unpaired) electrons. The molecule has 0 aliphatic rings. The monoisotopic (exact) mass is 316 g/mol. The van der Waals surface area contributed by atoms with Crippen molar-refractivity contribution >= 4 is 17.5 Å². The Morgan fingerprint density at radius 3 is 2.04 bits per heavy atom. The molecule has 0 aromatic heterocycles. The topological polar surface area (TPSA) is 122 Å². The normalized spacial score (nSPS) is 13.0. The molecule has 0 aliphatic carbocycles. The SMILES string of the molecule is NC(=O)C(O)C(O)C(=O)Nc1ccc(Oc2ccccc2)cc1. The van der Waals surface area contributed by atoms with Gasteiger partial charge in [-0.15, -0.1) is 0 Å². The van der Waals surface area contributed by atoms with Crippen LogP contribution in [0.2, 0.25) is 0 Å². The summed E-state index contributed by atoms with van der Waals surface area (Å²) in [6, 6.07) is 15.5. The Morgan fingerprint density at radius 1 is 0.913 bits per heavy atom. The second kappa shape index (κ2) is 7.39. The van der Waals surface area contributed by atoms with Gasteiger partial charge < -0.3 is 26.0 Å². The van der Waals surface area contributed by atoms with Gasteiger partial charge in [-0.25, -0.2) is 0 Å². The number of hydrogen-bond donors (Lipinski definition) is 4. The number of rotatable bonds is 6. The van der Waals surface area contributed by atoms with Crippen LogP contribution in [0.3, 0.4) is 0 Å². The lowest BCUT2D eigenvalue weighted by molar-refractivity contribution is -0.141. The molecule has 2 amide bonds. The van der Waals surface area contributed by atoms with Gasteiger partial charge in [0, 0.05) is 5.69 Å². The van der Waals surface area contributed by atoms with E-state index in [-0.39, 0.29) is 0 Å². The first-order valence-corrected chi connectivity index (χ1v) is 6.76. The summed E-state index contributed by atoms with van der Waals surface area (Å²) in [5, 5.41) is 21.1. The van der Waals surface area contributed by atoms with E-state index in [1.807, 2.05) is 18.2 Å². The summed E-state index contributed by atoms with van der Waals surface area (Å²) in [5.74, 6) is -0.886. The molecule has 2 unspecified atom stereocenters. The molecule has 0 fully saturated rings. The van der Waals surface area contributed by atoms with Crippen molar-refractivity contribution in [2.45, 2.75) is 12.2 Å². The van der Waals surface area contributed by atoms with Gasteiger partial charge in [-0.3, -0.25) is 9.59 Å². The van der Waals surface area contributed by atoms with E-state index in [1.54, 1.807) is 36.4 Å². The highest BCUT2D eigenvalue weighted by Crippen LogP contribution is 2.22. The Hall–Kier alpha value is -2.90. The Labute approximate surface area is 132 Å². The number of primary amides is 1. The van der Waals surface area contributed by atoms with E-state index in [9.17, 15) is 19.8 Å². The number of aliphatic hydroxyl groups excluding tert-OH is 2. The molecule has 2 rings (SSSR count). The zero-order valence-electron chi connectivity index (χ0n) is 12.0. The lowest BCUT2D eigenvalue weighted by Gasteiger charge is -2.14. The van der Waals surface area contributed by atoms with Gasteiger partial charge in [0.15, 0.2) is 12.2 Å². The maximum Gasteiger partial charge on any atom is 0.256 e. The fraction of sp³-hybridized carbons (Fsp3) is 0.125. The van der Waals surface area contributed by atoms with E-state index in [1.165, 1.54) is 0 Å². The molecule has 0 saturated carbocycles. The molecule has 0 spiro atoms. The molecule has 7 heteroatoms. The average molecular weight is 316 g/mol. The van der Waals surface area contributed by atoms with E-state index >= 15 is 0 Å². The number of nitrogens with one attached hydrogen (secondary N) is 1. The molecule has 2 atom stereocenters. The fourth-order valence-corrected chi connectivity index (χ4v) is 1.75. The van der Waals surface area contributed by atoms with E-state index in [0.717, 1.165) is 0 Å². The predicted octanol–water partition coefficient (Wildman–Crippen LogP) is 0.624. The minimum absolute atomic E-state index is 0.367. The molecule has 0 bridgehead atoms. The van der Waals surface area contributed by atoms with Gasteiger partial charge in [0.1, 0.15) is 11.5 Å².